The second kappa shape index (κ2) is 7.59. The maximum Gasteiger partial charge on any atom is 0.251 e. The lowest BCUT2D eigenvalue weighted by Gasteiger charge is -2.32. The first-order chi connectivity index (χ1) is 11.2. The molecule has 1 saturated carbocycles. The Labute approximate surface area is 136 Å². The van der Waals surface area contributed by atoms with Gasteiger partial charge in [0.05, 0.1) is 6.04 Å². The second-order valence-electron chi connectivity index (χ2n) is 6.44. The summed E-state index contributed by atoms with van der Waals surface area (Å²) in [7, 11) is 0. The SMILES string of the molecule is O=C1CO[C@@H](C(=O)NCC2CCCCC2)[C@H](c2ccccc2)N1. The van der Waals surface area contributed by atoms with Gasteiger partial charge in [0.25, 0.3) is 5.91 Å². The van der Waals surface area contributed by atoms with Gasteiger partial charge in [0.2, 0.25) is 5.91 Å². The second-order valence-corrected chi connectivity index (χ2v) is 6.44. The Kier molecular flexibility index (Phi) is 5.28. The lowest BCUT2D eigenvalue weighted by atomic mass is 9.89. The van der Waals surface area contributed by atoms with Crippen LogP contribution in [0.4, 0.5) is 0 Å². The fourth-order valence-electron chi connectivity index (χ4n) is 3.43. The van der Waals surface area contributed by atoms with Gasteiger partial charge in [-0.2, -0.15) is 0 Å². The van der Waals surface area contributed by atoms with Crippen LogP contribution in [0.15, 0.2) is 30.3 Å². The predicted octanol–water partition coefficient (Wildman–Crippen LogP) is 1.94. The van der Waals surface area contributed by atoms with Crippen molar-refractivity contribution in [2.75, 3.05) is 13.2 Å². The highest BCUT2D eigenvalue weighted by Crippen LogP contribution is 2.24. The first kappa shape index (κ1) is 16.0. The number of carbonyl (C=O) groups excluding carboxylic acids is 2. The monoisotopic (exact) mass is 316 g/mol. The predicted molar refractivity (Wildman–Crippen MR) is 86.7 cm³/mol. The molecule has 2 N–H and O–H groups in total. The van der Waals surface area contributed by atoms with Gasteiger partial charge in [-0.3, -0.25) is 9.59 Å². The number of hydrogen-bond acceptors (Lipinski definition) is 3. The van der Waals surface area contributed by atoms with E-state index in [-0.39, 0.29) is 18.4 Å². The Morgan fingerprint density at radius 1 is 1.17 bits per heavy atom. The van der Waals surface area contributed by atoms with Crippen LogP contribution in [0.3, 0.4) is 0 Å². The van der Waals surface area contributed by atoms with Crippen LogP contribution in [0.1, 0.15) is 43.7 Å². The zero-order chi connectivity index (χ0) is 16.1. The maximum absolute atomic E-state index is 12.5. The van der Waals surface area contributed by atoms with Gasteiger partial charge in [-0.05, 0) is 24.3 Å². The molecule has 124 valence electrons. The van der Waals surface area contributed by atoms with Gasteiger partial charge in [0.1, 0.15) is 6.61 Å². The highest BCUT2D eigenvalue weighted by molar-refractivity contribution is 5.86. The van der Waals surface area contributed by atoms with E-state index in [2.05, 4.69) is 10.6 Å². The number of carbonyl (C=O) groups is 2. The standard InChI is InChI=1S/C18H24N2O3/c21-15-12-23-17(16(20-15)14-9-5-2-6-10-14)18(22)19-11-13-7-3-1-4-8-13/h2,5-6,9-10,13,16-17H,1,3-4,7-8,11-12H2,(H,19,22)(H,20,21)/t16-,17+/m0/s1. The van der Waals surface area contributed by atoms with Crippen LogP contribution in [0.5, 0.6) is 0 Å². The minimum Gasteiger partial charge on any atom is -0.356 e. The van der Waals surface area contributed by atoms with E-state index >= 15 is 0 Å². The summed E-state index contributed by atoms with van der Waals surface area (Å²) in [5, 5.41) is 5.90. The molecule has 1 saturated heterocycles. The molecule has 5 nitrogen and oxygen atoms in total. The first-order valence-electron chi connectivity index (χ1n) is 8.47. The molecule has 1 aromatic carbocycles. The summed E-state index contributed by atoms with van der Waals surface area (Å²) in [6, 6.07) is 9.08. The number of nitrogens with one attached hydrogen (secondary N) is 2. The minimum atomic E-state index is -0.668. The lowest BCUT2D eigenvalue weighted by Crippen LogP contribution is -2.52. The maximum atomic E-state index is 12.5. The van der Waals surface area contributed by atoms with Crippen molar-refractivity contribution in [1.29, 1.82) is 0 Å². The van der Waals surface area contributed by atoms with Gasteiger partial charge in [-0.25, -0.2) is 0 Å². The van der Waals surface area contributed by atoms with Crippen LogP contribution in [0.25, 0.3) is 0 Å². The Morgan fingerprint density at radius 2 is 1.91 bits per heavy atom. The van der Waals surface area contributed by atoms with E-state index in [1.165, 1.54) is 32.1 Å². The van der Waals surface area contributed by atoms with Gasteiger partial charge in [-0.15, -0.1) is 0 Å². The molecule has 2 fully saturated rings. The highest BCUT2D eigenvalue weighted by atomic mass is 16.5. The minimum absolute atomic E-state index is 0.0646. The average Bonchev–Trinajstić information content (AvgIpc) is 2.61. The fourth-order valence-corrected chi connectivity index (χ4v) is 3.43. The summed E-state index contributed by atoms with van der Waals surface area (Å²) in [5.74, 6) is 0.251. The molecule has 0 unspecified atom stereocenters. The molecule has 1 heterocycles. The normalized spacial score (nSPS) is 25.7. The third kappa shape index (κ3) is 4.10. The van der Waals surface area contributed by atoms with E-state index in [0.29, 0.717) is 12.5 Å². The summed E-state index contributed by atoms with van der Waals surface area (Å²) >= 11 is 0. The van der Waals surface area contributed by atoms with Gasteiger partial charge in [0, 0.05) is 6.54 Å². The number of ether oxygens (including phenoxy) is 1. The topological polar surface area (TPSA) is 67.4 Å². The van der Waals surface area contributed by atoms with Crippen molar-refractivity contribution in [2.45, 2.75) is 44.2 Å². The number of morpholine rings is 1. The Balaban J connectivity index is 1.63. The summed E-state index contributed by atoms with van der Waals surface area (Å²) < 4.78 is 5.53. The molecule has 0 bridgehead atoms. The van der Waals surface area contributed by atoms with E-state index in [9.17, 15) is 9.59 Å². The Bertz CT molecular complexity index is 540. The molecule has 0 spiro atoms. The van der Waals surface area contributed by atoms with Crippen molar-refractivity contribution in [3.8, 4) is 0 Å². The zero-order valence-electron chi connectivity index (χ0n) is 13.3. The zero-order valence-corrected chi connectivity index (χ0v) is 13.3. The lowest BCUT2D eigenvalue weighted by molar-refractivity contribution is -0.148. The Hall–Kier alpha value is -1.88. The van der Waals surface area contributed by atoms with E-state index in [0.717, 1.165) is 5.56 Å². The van der Waals surface area contributed by atoms with Crippen molar-refractivity contribution < 1.29 is 14.3 Å². The van der Waals surface area contributed by atoms with Gasteiger partial charge in [-0.1, -0.05) is 49.6 Å². The third-order valence-electron chi connectivity index (χ3n) is 4.72. The number of rotatable bonds is 4. The van der Waals surface area contributed by atoms with Crippen LogP contribution in [-0.2, 0) is 14.3 Å². The van der Waals surface area contributed by atoms with Gasteiger partial charge < -0.3 is 15.4 Å². The van der Waals surface area contributed by atoms with Crippen molar-refractivity contribution >= 4 is 11.8 Å². The van der Waals surface area contributed by atoms with Crippen molar-refractivity contribution in [1.82, 2.24) is 10.6 Å². The molecular weight excluding hydrogens is 292 g/mol. The molecular formula is C18H24N2O3. The largest absolute Gasteiger partial charge is 0.356 e. The van der Waals surface area contributed by atoms with E-state index in [1.54, 1.807) is 0 Å². The molecule has 2 atom stereocenters. The molecule has 1 aliphatic carbocycles. The number of benzene rings is 1. The fraction of sp³-hybridized carbons (Fsp3) is 0.556. The van der Waals surface area contributed by atoms with E-state index in [4.69, 9.17) is 4.74 Å². The average molecular weight is 316 g/mol. The smallest absolute Gasteiger partial charge is 0.251 e. The molecule has 0 radical (unpaired) electrons. The molecule has 23 heavy (non-hydrogen) atoms. The molecule has 2 amide bonds. The number of hydrogen-bond donors (Lipinski definition) is 2. The van der Waals surface area contributed by atoms with Crippen LogP contribution in [-0.4, -0.2) is 31.1 Å². The van der Waals surface area contributed by atoms with Crippen molar-refractivity contribution in [3.05, 3.63) is 35.9 Å². The molecule has 3 rings (SSSR count). The Morgan fingerprint density at radius 3 is 2.65 bits per heavy atom. The quantitative estimate of drug-likeness (QED) is 0.892. The number of amides is 2. The molecule has 1 aliphatic heterocycles. The molecule has 5 heteroatoms. The van der Waals surface area contributed by atoms with Crippen LogP contribution in [0, 0.1) is 5.92 Å². The summed E-state index contributed by atoms with van der Waals surface area (Å²) in [4.78, 5) is 24.2. The van der Waals surface area contributed by atoms with Crippen molar-refractivity contribution in [2.24, 2.45) is 5.92 Å². The van der Waals surface area contributed by atoms with Crippen LogP contribution >= 0.6 is 0 Å². The first-order valence-corrected chi connectivity index (χ1v) is 8.47. The van der Waals surface area contributed by atoms with Gasteiger partial charge >= 0.3 is 0 Å². The molecule has 0 aromatic heterocycles. The summed E-state index contributed by atoms with van der Waals surface area (Å²) in [6.45, 7) is 0.638. The van der Waals surface area contributed by atoms with Gasteiger partial charge in [0.15, 0.2) is 6.10 Å². The highest BCUT2D eigenvalue weighted by Gasteiger charge is 2.36. The summed E-state index contributed by atoms with van der Waals surface area (Å²) in [5.41, 5.74) is 0.887. The molecule has 2 aliphatic rings. The van der Waals surface area contributed by atoms with E-state index < -0.39 is 12.1 Å². The third-order valence-corrected chi connectivity index (χ3v) is 4.72. The molecule has 1 aromatic rings. The summed E-state index contributed by atoms with van der Waals surface area (Å²) in [6.07, 6.45) is 5.51. The van der Waals surface area contributed by atoms with Crippen molar-refractivity contribution in [3.63, 3.8) is 0 Å². The van der Waals surface area contributed by atoms with E-state index in [1.807, 2.05) is 30.3 Å². The van der Waals surface area contributed by atoms with Crippen LogP contribution in [0.2, 0.25) is 0 Å². The van der Waals surface area contributed by atoms with Crippen LogP contribution < -0.4 is 10.6 Å².